The SMILES string of the molecule is CC1(C)c2ccccc2-c2cc3c(cc21)c1ccccc1n3-c1ccc(-c2nc(-c3ccccc3)nc3c2-c2ccccc2C3(C)C)cc1. The van der Waals surface area contributed by atoms with Crippen LogP contribution in [0.5, 0.6) is 0 Å². The van der Waals surface area contributed by atoms with Crippen molar-refractivity contribution in [2.75, 3.05) is 0 Å². The van der Waals surface area contributed by atoms with Gasteiger partial charge in [0.2, 0.25) is 0 Å². The molecule has 2 aliphatic rings. The lowest BCUT2D eigenvalue weighted by atomic mass is 9.82. The Balaban J connectivity index is 1.18. The Bertz CT molecular complexity index is 2640. The van der Waals surface area contributed by atoms with Crippen LogP contribution in [0.15, 0.2) is 140 Å². The fraction of sp³-hybridized carbons (Fsp3) is 0.130. The maximum absolute atomic E-state index is 5.30. The van der Waals surface area contributed by atoms with Gasteiger partial charge in [0.25, 0.3) is 0 Å². The molecule has 0 fully saturated rings. The van der Waals surface area contributed by atoms with Gasteiger partial charge in [0.05, 0.1) is 22.4 Å². The molecule has 2 aromatic heterocycles. The molecule has 8 aromatic rings. The van der Waals surface area contributed by atoms with Gasteiger partial charge in [0, 0.05) is 44.0 Å². The van der Waals surface area contributed by atoms with Gasteiger partial charge in [-0.1, -0.05) is 137 Å². The molecule has 0 spiro atoms. The van der Waals surface area contributed by atoms with Gasteiger partial charge >= 0.3 is 0 Å². The van der Waals surface area contributed by atoms with Gasteiger partial charge in [0.15, 0.2) is 5.82 Å². The largest absolute Gasteiger partial charge is 0.309 e. The van der Waals surface area contributed by atoms with Crippen LogP contribution in [0.25, 0.3) is 72.4 Å². The summed E-state index contributed by atoms with van der Waals surface area (Å²) in [5.74, 6) is 0.763. The summed E-state index contributed by atoms with van der Waals surface area (Å²) >= 11 is 0. The summed E-state index contributed by atoms with van der Waals surface area (Å²) in [5, 5.41) is 2.57. The molecule has 3 heteroatoms. The van der Waals surface area contributed by atoms with Crippen molar-refractivity contribution >= 4 is 21.8 Å². The number of hydrogen-bond donors (Lipinski definition) is 0. The molecule has 0 bridgehead atoms. The molecule has 0 amide bonds. The topological polar surface area (TPSA) is 30.7 Å². The smallest absolute Gasteiger partial charge is 0.160 e. The van der Waals surface area contributed by atoms with Crippen molar-refractivity contribution in [1.29, 1.82) is 0 Å². The maximum Gasteiger partial charge on any atom is 0.160 e. The highest BCUT2D eigenvalue weighted by Crippen LogP contribution is 2.52. The molecule has 6 aromatic carbocycles. The third-order valence-corrected chi connectivity index (χ3v) is 11.2. The second kappa shape index (κ2) is 9.87. The highest BCUT2D eigenvalue weighted by Gasteiger charge is 2.40. The van der Waals surface area contributed by atoms with Crippen molar-refractivity contribution in [3.05, 3.63) is 162 Å². The summed E-state index contributed by atoms with van der Waals surface area (Å²) in [4.78, 5) is 10.5. The lowest BCUT2D eigenvalue weighted by molar-refractivity contribution is 0.636. The zero-order chi connectivity index (χ0) is 33.1. The van der Waals surface area contributed by atoms with E-state index in [1.165, 1.54) is 55.2 Å². The first-order valence-corrected chi connectivity index (χ1v) is 17.2. The van der Waals surface area contributed by atoms with Gasteiger partial charge < -0.3 is 4.57 Å². The Labute approximate surface area is 286 Å². The van der Waals surface area contributed by atoms with Crippen LogP contribution >= 0.6 is 0 Å². The summed E-state index contributed by atoms with van der Waals surface area (Å²) in [6.07, 6.45) is 0. The summed E-state index contributed by atoms with van der Waals surface area (Å²) < 4.78 is 2.43. The molecule has 0 radical (unpaired) electrons. The highest BCUT2D eigenvalue weighted by molar-refractivity contribution is 6.11. The van der Waals surface area contributed by atoms with Crippen LogP contribution < -0.4 is 0 Å². The van der Waals surface area contributed by atoms with Crippen LogP contribution in [-0.2, 0) is 10.8 Å². The molecule has 0 N–H and O–H groups in total. The third-order valence-electron chi connectivity index (χ3n) is 11.2. The van der Waals surface area contributed by atoms with E-state index in [1.807, 2.05) is 6.07 Å². The normalized spacial score (nSPS) is 14.9. The zero-order valence-corrected chi connectivity index (χ0v) is 28.1. The number of rotatable bonds is 3. The van der Waals surface area contributed by atoms with Gasteiger partial charge in [-0.15, -0.1) is 0 Å². The van der Waals surface area contributed by atoms with Crippen LogP contribution in [0.1, 0.15) is 50.1 Å². The summed E-state index contributed by atoms with van der Waals surface area (Å²) in [7, 11) is 0. The predicted molar refractivity (Wildman–Crippen MR) is 202 cm³/mol. The number of nitrogens with zero attached hydrogens (tertiary/aromatic N) is 3. The van der Waals surface area contributed by atoms with E-state index in [9.17, 15) is 0 Å². The molecule has 49 heavy (non-hydrogen) atoms. The number of benzene rings is 6. The first kappa shape index (κ1) is 28.2. The van der Waals surface area contributed by atoms with Crippen molar-refractivity contribution in [3.63, 3.8) is 0 Å². The average molecular weight is 630 g/mol. The van der Waals surface area contributed by atoms with Gasteiger partial charge in [-0.3, -0.25) is 0 Å². The first-order valence-electron chi connectivity index (χ1n) is 17.2. The maximum atomic E-state index is 5.30. The molecule has 0 saturated heterocycles. The van der Waals surface area contributed by atoms with Crippen LogP contribution in [-0.4, -0.2) is 14.5 Å². The standard InChI is InChI=1S/C46H35N3/c1-45(2)36-19-11-8-16-31(36)34-27-40-35(26-38(34)45)32-17-10-13-21-39(32)49(40)30-24-22-28(23-25-30)42-41-33-18-9-12-20-37(33)46(3,4)43(41)48-44(47-42)29-14-6-5-7-15-29/h5-27H,1-4H3. The predicted octanol–water partition coefficient (Wildman–Crippen LogP) is 11.5. The van der Waals surface area contributed by atoms with Crippen LogP contribution in [0.4, 0.5) is 0 Å². The van der Waals surface area contributed by atoms with E-state index in [0.717, 1.165) is 39.6 Å². The molecule has 234 valence electrons. The molecule has 10 rings (SSSR count). The molecular formula is C46H35N3. The number of para-hydroxylation sites is 1. The minimum absolute atomic E-state index is 0.0471. The van der Waals surface area contributed by atoms with E-state index in [-0.39, 0.29) is 10.8 Å². The Morgan fingerprint density at radius 3 is 1.90 bits per heavy atom. The first-order chi connectivity index (χ1) is 23.8. The lowest BCUT2D eigenvalue weighted by Crippen LogP contribution is -2.17. The molecular weight excluding hydrogens is 595 g/mol. The molecule has 0 saturated carbocycles. The Morgan fingerprint density at radius 1 is 0.469 bits per heavy atom. The Morgan fingerprint density at radius 2 is 1.12 bits per heavy atom. The van der Waals surface area contributed by atoms with Crippen LogP contribution in [0.3, 0.4) is 0 Å². The van der Waals surface area contributed by atoms with E-state index in [0.29, 0.717) is 0 Å². The third kappa shape index (κ3) is 3.84. The van der Waals surface area contributed by atoms with Crippen molar-refractivity contribution in [2.24, 2.45) is 0 Å². The molecule has 2 heterocycles. The second-order valence-electron chi connectivity index (χ2n) is 14.6. The number of aromatic nitrogens is 3. The monoisotopic (exact) mass is 629 g/mol. The van der Waals surface area contributed by atoms with Gasteiger partial charge in [-0.2, -0.15) is 0 Å². The second-order valence-corrected chi connectivity index (χ2v) is 14.6. The molecule has 2 aliphatic carbocycles. The van der Waals surface area contributed by atoms with Crippen LogP contribution in [0.2, 0.25) is 0 Å². The van der Waals surface area contributed by atoms with Gasteiger partial charge in [0.1, 0.15) is 0 Å². The van der Waals surface area contributed by atoms with E-state index in [2.05, 4.69) is 166 Å². The Kier molecular flexibility index (Phi) is 5.69. The highest BCUT2D eigenvalue weighted by atomic mass is 15.0. The fourth-order valence-electron chi connectivity index (χ4n) is 8.68. The average Bonchev–Trinajstić information content (AvgIpc) is 3.68. The lowest BCUT2D eigenvalue weighted by Gasteiger charge is -2.21. The molecule has 3 nitrogen and oxygen atoms in total. The van der Waals surface area contributed by atoms with Gasteiger partial charge in [-0.05, 0) is 63.7 Å². The minimum atomic E-state index is -0.233. The summed E-state index contributed by atoms with van der Waals surface area (Å²) in [6.45, 7) is 9.28. The van der Waals surface area contributed by atoms with E-state index in [4.69, 9.17) is 9.97 Å². The van der Waals surface area contributed by atoms with Gasteiger partial charge in [-0.25, -0.2) is 9.97 Å². The quantitative estimate of drug-likeness (QED) is 0.195. The van der Waals surface area contributed by atoms with E-state index in [1.54, 1.807) is 0 Å². The van der Waals surface area contributed by atoms with Crippen molar-refractivity contribution in [2.45, 2.75) is 38.5 Å². The Hall–Kier alpha value is -5.80. The fourth-order valence-corrected chi connectivity index (χ4v) is 8.68. The van der Waals surface area contributed by atoms with E-state index < -0.39 is 0 Å². The molecule has 0 atom stereocenters. The van der Waals surface area contributed by atoms with Crippen molar-refractivity contribution < 1.29 is 0 Å². The number of hydrogen-bond acceptors (Lipinski definition) is 2. The van der Waals surface area contributed by atoms with E-state index >= 15 is 0 Å². The summed E-state index contributed by atoms with van der Waals surface area (Å²) in [5.41, 5.74) is 16.6. The zero-order valence-electron chi connectivity index (χ0n) is 28.1. The molecule has 0 unspecified atom stereocenters. The van der Waals surface area contributed by atoms with Crippen molar-refractivity contribution in [1.82, 2.24) is 14.5 Å². The molecule has 0 aliphatic heterocycles. The van der Waals surface area contributed by atoms with Crippen molar-refractivity contribution in [3.8, 4) is 50.6 Å². The van der Waals surface area contributed by atoms with Crippen LogP contribution in [0, 0.1) is 0 Å². The minimum Gasteiger partial charge on any atom is -0.309 e. The number of fused-ring (bicyclic) bond motifs is 9. The summed E-state index contributed by atoms with van der Waals surface area (Å²) in [6, 6.07) is 50.7.